The monoisotopic (exact) mass is 320 g/mol. The van der Waals surface area contributed by atoms with Crippen LogP contribution < -0.4 is 4.74 Å². The number of rotatable bonds is 4. The molecule has 0 aliphatic rings. The summed E-state index contributed by atoms with van der Waals surface area (Å²) in [6.45, 7) is 2.16. The smallest absolute Gasteiger partial charge is 0.118 e. The predicted molar refractivity (Wildman–Crippen MR) is 67.7 cm³/mol. The molecule has 0 heterocycles. The summed E-state index contributed by atoms with van der Waals surface area (Å²) in [7, 11) is 1.68. The molecular weight excluding hydrogens is 308 g/mol. The molecule has 1 aromatic rings. The first-order chi connectivity index (χ1) is 6.69. The van der Waals surface area contributed by atoms with E-state index < -0.39 is 0 Å². The Morgan fingerprint density at radius 1 is 1.21 bits per heavy atom. The van der Waals surface area contributed by atoms with Crippen LogP contribution >= 0.6 is 31.9 Å². The van der Waals surface area contributed by atoms with E-state index in [-0.39, 0.29) is 0 Å². The third kappa shape index (κ3) is 2.99. The molecule has 1 rings (SSSR count). The Bertz CT molecular complexity index is 271. The second-order valence-corrected chi connectivity index (χ2v) is 5.26. The lowest BCUT2D eigenvalue weighted by molar-refractivity contribution is 0.414. The Morgan fingerprint density at radius 3 is 2.21 bits per heavy atom. The summed E-state index contributed by atoms with van der Waals surface area (Å²) in [6.07, 6.45) is 1.10. The van der Waals surface area contributed by atoms with Crippen LogP contribution in [-0.4, -0.2) is 11.9 Å². The number of alkyl halides is 2. The van der Waals surface area contributed by atoms with Gasteiger partial charge in [-0.25, -0.2) is 0 Å². The third-order valence-corrected chi connectivity index (χ3v) is 5.19. The Hall–Kier alpha value is -0.0200. The zero-order valence-electron chi connectivity index (χ0n) is 8.34. The lowest BCUT2D eigenvalue weighted by Crippen LogP contribution is -2.04. The molecule has 0 N–H and O–H groups in total. The molecule has 1 aromatic carbocycles. The van der Waals surface area contributed by atoms with Crippen molar-refractivity contribution in [1.29, 1.82) is 0 Å². The minimum atomic E-state index is 0.360. The summed E-state index contributed by atoms with van der Waals surface area (Å²) >= 11 is 7.31. The highest BCUT2D eigenvalue weighted by Crippen LogP contribution is 2.33. The van der Waals surface area contributed by atoms with Gasteiger partial charge in [-0.05, 0) is 24.1 Å². The fraction of sp³-hybridized carbons (Fsp3) is 0.455. The van der Waals surface area contributed by atoms with Crippen molar-refractivity contribution in [3.8, 4) is 5.75 Å². The van der Waals surface area contributed by atoms with Gasteiger partial charge in [-0.1, -0.05) is 50.9 Å². The Kier molecular flexibility index (Phi) is 4.96. The first kappa shape index (κ1) is 12.1. The molecule has 0 radical (unpaired) electrons. The van der Waals surface area contributed by atoms with Crippen LogP contribution in [0.3, 0.4) is 0 Å². The quantitative estimate of drug-likeness (QED) is 0.751. The van der Waals surface area contributed by atoms with Crippen LogP contribution in [0.4, 0.5) is 0 Å². The summed E-state index contributed by atoms with van der Waals surface area (Å²) in [5.41, 5.74) is 1.27. The van der Waals surface area contributed by atoms with Gasteiger partial charge in [0.25, 0.3) is 0 Å². The lowest BCUT2D eigenvalue weighted by Gasteiger charge is -2.15. The molecule has 0 saturated carbocycles. The Labute approximate surface area is 102 Å². The maximum absolute atomic E-state index is 5.11. The Morgan fingerprint density at radius 2 is 1.79 bits per heavy atom. The maximum atomic E-state index is 5.11. The summed E-state index contributed by atoms with van der Waals surface area (Å²) in [5.74, 6) is 0.899. The topological polar surface area (TPSA) is 9.23 Å². The number of ether oxygens (including phenoxy) is 1. The van der Waals surface area contributed by atoms with Gasteiger partial charge < -0.3 is 4.74 Å². The molecule has 3 heteroatoms. The van der Waals surface area contributed by atoms with Crippen LogP contribution in [0.15, 0.2) is 24.3 Å². The average molecular weight is 322 g/mol. The molecule has 0 aliphatic heterocycles. The van der Waals surface area contributed by atoms with Crippen LogP contribution in [0.25, 0.3) is 0 Å². The molecular formula is C11H14Br2O. The molecule has 1 nitrogen and oxygen atoms in total. The van der Waals surface area contributed by atoms with Crippen molar-refractivity contribution in [1.82, 2.24) is 0 Å². The summed E-state index contributed by atoms with van der Waals surface area (Å²) in [5, 5.41) is 0. The molecule has 0 amide bonds. The second kappa shape index (κ2) is 5.76. The van der Waals surface area contributed by atoms with Gasteiger partial charge in [-0.15, -0.1) is 0 Å². The summed E-state index contributed by atoms with van der Waals surface area (Å²) in [4.78, 5) is 0.828. The van der Waals surface area contributed by atoms with E-state index in [9.17, 15) is 0 Å². The molecule has 0 aliphatic carbocycles. The zero-order valence-corrected chi connectivity index (χ0v) is 11.5. The number of hydrogen-bond acceptors (Lipinski definition) is 1. The predicted octanol–water partition coefficient (Wildman–Crippen LogP) is 4.30. The highest BCUT2D eigenvalue weighted by molar-refractivity contribution is 9.12. The van der Waals surface area contributed by atoms with Crippen LogP contribution in [0.1, 0.15) is 23.7 Å². The molecule has 0 spiro atoms. The fourth-order valence-electron chi connectivity index (χ4n) is 1.20. The normalized spacial score (nSPS) is 14.9. The van der Waals surface area contributed by atoms with Gasteiger partial charge in [0.05, 0.1) is 11.9 Å². The third-order valence-electron chi connectivity index (χ3n) is 2.14. The fourth-order valence-corrected chi connectivity index (χ4v) is 2.19. The molecule has 0 saturated heterocycles. The second-order valence-electron chi connectivity index (χ2n) is 3.10. The van der Waals surface area contributed by atoms with Crippen LogP contribution in [0, 0.1) is 0 Å². The average Bonchev–Trinajstić information content (AvgIpc) is 2.27. The summed E-state index contributed by atoms with van der Waals surface area (Å²) in [6, 6.07) is 8.14. The van der Waals surface area contributed by atoms with E-state index in [0.29, 0.717) is 9.65 Å². The first-order valence-corrected chi connectivity index (χ1v) is 6.44. The van der Waals surface area contributed by atoms with Crippen LogP contribution in [0.5, 0.6) is 5.75 Å². The van der Waals surface area contributed by atoms with Gasteiger partial charge in [0.15, 0.2) is 0 Å². The largest absolute Gasteiger partial charge is 0.497 e. The van der Waals surface area contributed by atoms with Gasteiger partial charge in [-0.2, -0.15) is 0 Å². The van der Waals surface area contributed by atoms with E-state index in [2.05, 4.69) is 50.9 Å². The number of halogens is 2. The Balaban J connectivity index is 2.75. The van der Waals surface area contributed by atoms with Gasteiger partial charge in [0.2, 0.25) is 0 Å². The van der Waals surface area contributed by atoms with E-state index in [4.69, 9.17) is 4.74 Å². The van der Waals surface area contributed by atoms with E-state index in [1.165, 1.54) is 5.56 Å². The van der Waals surface area contributed by atoms with Gasteiger partial charge in [-0.3, -0.25) is 0 Å². The maximum Gasteiger partial charge on any atom is 0.118 e. The SMILES string of the molecule is CCC(Br)C(Br)c1ccc(OC)cc1. The van der Waals surface area contributed by atoms with E-state index in [0.717, 1.165) is 12.2 Å². The minimum Gasteiger partial charge on any atom is -0.497 e. The highest BCUT2D eigenvalue weighted by Gasteiger charge is 2.15. The van der Waals surface area contributed by atoms with Crippen molar-refractivity contribution in [3.05, 3.63) is 29.8 Å². The standard InChI is InChI=1S/C11H14Br2O/c1-3-10(12)11(13)8-4-6-9(14-2)7-5-8/h4-7,10-11H,3H2,1-2H3. The molecule has 78 valence electrons. The first-order valence-electron chi connectivity index (χ1n) is 4.61. The van der Waals surface area contributed by atoms with Crippen molar-refractivity contribution in [2.45, 2.75) is 23.0 Å². The molecule has 2 unspecified atom stereocenters. The number of benzene rings is 1. The van der Waals surface area contributed by atoms with Crippen molar-refractivity contribution >= 4 is 31.9 Å². The van der Waals surface area contributed by atoms with Crippen molar-refractivity contribution in [2.75, 3.05) is 7.11 Å². The van der Waals surface area contributed by atoms with Crippen molar-refractivity contribution in [2.24, 2.45) is 0 Å². The van der Waals surface area contributed by atoms with E-state index >= 15 is 0 Å². The van der Waals surface area contributed by atoms with Crippen LogP contribution in [0.2, 0.25) is 0 Å². The zero-order chi connectivity index (χ0) is 10.6. The molecule has 0 aromatic heterocycles. The van der Waals surface area contributed by atoms with E-state index in [1.807, 2.05) is 12.1 Å². The molecule has 0 bridgehead atoms. The number of hydrogen-bond donors (Lipinski definition) is 0. The minimum absolute atomic E-state index is 0.360. The number of methoxy groups -OCH3 is 1. The van der Waals surface area contributed by atoms with Crippen molar-refractivity contribution < 1.29 is 4.74 Å². The van der Waals surface area contributed by atoms with E-state index in [1.54, 1.807) is 7.11 Å². The molecule has 14 heavy (non-hydrogen) atoms. The lowest BCUT2D eigenvalue weighted by atomic mass is 10.1. The molecule has 0 fully saturated rings. The van der Waals surface area contributed by atoms with Crippen LogP contribution in [-0.2, 0) is 0 Å². The summed E-state index contributed by atoms with van der Waals surface area (Å²) < 4.78 is 5.11. The molecule has 2 atom stereocenters. The van der Waals surface area contributed by atoms with Crippen molar-refractivity contribution in [3.63, 3.8) is 0 Å². The highest BCUT2D eigenvalue weighted by atomic mass is 79.9. The van der Waals surface area contributed by atoms with Gasteiger partial charge >= 0.3 is 0 Å². The van der Waals surface area contributed by atoms with Gasteiger partial charge in [0, 0.05) is 4.83 Å². The van der Waals surface area contributed by atoms with Gasteiger partial charge in [0.1, 0.15) is 5.75 Å².